The Kier molecular flexibility index (Phi) is 9.50. The molecule has 6 heteroatoms. The molecule has 72 valence electrons. The van der Waals surface area contributed by atoms with Crippen molar-refractivity contribution in [1.82, 2.24) is 0 Å². The fourth-order valence-corrected chi connectivity index (χ4v) is 0.402. The first-order chi connectivity index (χ1) is 5.54. The highest BCUT2D eigenvalue weighted by atomic mass is 35.5. The Labute approximate surface area is 75.1 Å². The molecule has 0 spiro atoms. The Balaban J connectivity index is 0. The fraction of sp³-hybridized carbons (Fsp3) is 0.667. The zero-order chi connectivity index (χ0) is 10.1. The van der Waals surface area contributed by atoms with Gasteiger partial charge >= 0.3 is 11.9 Å². The van der Waals surface area contributed by atoms with Crippen molar-refractivity contribution in [3.05, 3.63) is 0 Å². The molecule has 0 heterocycles. The van der Waals surface area contributed by atoms with Crippen LogP contribution < -0.4 is 5.73 Å². The van der Waals surface area contributed by atoms with Gasteiger partial charge < -0.3 is 15.9 Å². The van der Waals surface area contributed by atoms with Crippen molar-refractivity contribution in [3.8, 4) is 0 Å². The van der Waals surface area contributed by atoms with Crippen LogP contribution in [-0.4, -0.2) is 34.6 Å². The van der Waals surface area contributed by atoms with Gasteiger partial charge in [-0.1, -0.05) is 0 Å². The highest BCUT2D eigenvalue weighted by Crippen LogP contribution is 1.93. The maximum Gasteiger partial charge on any atom is 0.320 e. The normalized spacial score (nSPS) is 10.9. The topological polar surface area (TPSA) is 101 Å². The van der Waals surface area contributed by atoms with E-state index in [2.05, 4.69) is 11.6 Å². The van der Waals surface area contributed by atoms with Crippen molar-refractivity contribution in [2.24, 2.45) is 5.73 Å². The molecule has 0 aliphatic carbocycles. The SMILES string of the molecule is CCl.NC(CCC(=O)O)C(=O)O. The molecular weight excluding hydrogens is 186 g/mol. The van der Waals surface area contributed by atoms with E-state index in [4.69, 9.17) is 15.9 Å². The van der Waals surface area contributed by atoms with Crippen LogP contribution in [0.5, 0.6) is 0 Å². The molecule has 0 radical (unpaired) electrons. The van der Waals surface area contributed by atoms with Gasteiger partial charge in [-0.15, -0.1) is 11.6 Å². The summed E-state index contributed by atoms with van der Waals surface area (Å²) in [6.07, 6.45) is 1.25. The van der Waals surface area contributed by atoms with E-state index in [-0.39, 0.29) is 12.8 Å². The summed E-state index contributed by atoms with van der Waals surface area (Å²) in [7, 11) is 0. The van der Waals surface area contributed by atoms with Gasteiger partial charge in [0, 0.05) is 12.8 Å². The van der Waals surface area contributed by atoms with Gasteiger partial charge in [0.25, 0.3) is 0 Å². The summed E-state index contributed by atoms with van der Waals surface area (Å²) < 4.78 is 0. The summed E-state index contributed by atoms with van der Waals surface area (Å²) in [6, 6.07) is -1.06. The molecule has 0 bridgehead atoms. The summed E-state index contributed by atoms with van der Waals surface area (Å²) in [5, 5.41) is 16.3. The van der Waals surface area contributed by atoms with Crippen molar-refractivity contribution < 1.29 is 19.8 Å². The molecule has 0 fully saturated rings. The lowest BCUT2D eigenvalue weighted by molar-refractivity contribution is -0.139. The third-order valence-corrected chi connectivity index (χ3v) is 0.986. The highest BCUT2D eigenvalue weighted by Gasteiger charge is 2.12. The molecule has 0 saturated heterocycles. The zero-order valence-corrected chi connectivity index (χ0v) is 7.41. The number of carboxylic acids is 2. The van der Waals surface area contributed by atoms with Crippen LogP contribution in [0.1, 0.15) is 12.8 Å². The molecule has 0 saturated carbocycles. The van der Waals surface area contributed by atoms with Crippen LogP contribution in [0.4, 0.5) is 0 Å². The standard InChI is InChI=1S/C5H9NO4.CH3Cl/c6-3(5(9)10)1-2-4(7)8;1-2/h3H,1-2,6H2,(H,7,8)(H,9,10);1H3. The largest absolute Gasteiger partial charge is 0.481 e. The Morgan fingerprint density at radius 3 is 2.08 bits per heavy atom. The fourth-order valence-electron chi connectivity index (χ4n) is 0.402. The predicted octanol–water partition coefficient (Wildman–Crippen LogP) is 0.118. The van der Waals surface area contributed by atoms with E-state index >= 15 is 0 Å². The van der Waals surface area contributed by atoms with Gasteiger partial charge in [-0.3, -0.25) is 9.59 Å². The highest BCUT2D eigenvalue weighted by molar-refractivity contribution is 6.15. The van der Waals surface area contributed by atoms with Gasteiger partial charge in [-0.05, 0) is 6.42 Å². The van der Waals surface area contributed by atoms with Crippen LogP contribution in [-0.2, 0) is 9.59 Å². The summed E-state index contributed by atoms with van der Waals surface area (Å²) in [5.41, 5.74) is 5.00. The quantitative estimate of drug-likeness (QED) is 0.556. The molecule has 0 aliphatic rings. The minimum Gasteiger partial charge on any atom is -0.481 e. The number of alkyl halides is 1. The number of carbonyl (C=O) groups is 2. The van der Waals surface area contributed by atoms with Crippen LogP contribution in [0.15, 0.2) is 0 Å². The smallest absolute Gasteiger partial charge is 0.320 e. The predicted molar refractivity (Wildman–Crippen MR) is 44.3 cm³/mol. The van der Waals surface area contributed by atoms with Crippen LogP contribution >= 0.6 is 11.6 Å². The van der Waals surface area contributed by atoms with Gasteiger partial charge in [0.2, 0.25) is 0 Å². The van der Waals surface area contributed by atoms with E-state index in [1.165, 1.54) is 6.38 Å². The van der Waals surface area contributed by atoms with E-state index in [9.17, 15) is 9.59 Å². The number of hydrogen-bond donors (Lipinski definition) is 3. The van der Waals surface area contributed by atoms with Crippen molar-refractivity contribution in [1.29, 1.82) is 0 Å². The molecule has 5 nitrogen and oxygen atoms in total. The average molecular weight is 198 g/mol. The number of rotatable bonds is 4. The van der Waals surface area contributed by atoms with Crippen LogP contribution in [0, 0.1) is 0 Å². The number of nitrogens with two attached hydrogens (primary N) is 1. The van der Waals surface area contributed by atoms with Crippen LogP contribution in [0.3, 0.4) is 0 Å². The number of aliphatic carboxylic acids is 2. The first-order valence-corrected chi connectivity index (χ1v) is 3.87. The van der Waals surface area contributed by atoms with E-state index in [1.54, 1.807) is 0 Å². The Bertz CT molecular complexity index is 150. The van der Waals surface area contributed by atoms with E-state index in [1.807, 2.05) is 0 Å². The number of hydrogen-bond acceptors (Lipinski definition) is 3. The lowest BCUT2D eigenvalue weighted by Crippen LogP contribution is -2.30. The molecule has 0 rings (SSSR count). The van der Waals surface area contributed by atoms with Gasteiger partial charge in [0.15, 0.2) is 0 Å². The number of carboxylic acid groups (broad SMARTS) is 2. The number of halogens is 1. The first kappa shape index (κ1) is 13.8. The summed E-state index contributed by atoms with van der Waals surface area (Å²) in [5.74, 6) is -2.20. The second kappa shape index (κ2) is 8.29. The second-order valence-corrected chi connectivity index (χ2v) is 1.88. The summed E-state index contributed by atoms with van der Waals surface area (Å²) in [4.78, 5) is 19.9. The van der Waals surface area contributed by atoms with Gasteiger partial charge in [0.1, 0.15) is 6.04 Å². The van der Waals surface area contributed by atoms with Gasteiger partial charge in [0.05, 0.1) is 0 Å². The van der Waals surface area contributed by atoms with Crippen LogP contribution in [0.25, 0.3) is 0 Å². The molecule has 12 heavy (non-hydrogen) atoms. The summed E-state index contributed by atoms with van der Waals surface area (Å²) in [6.45, 7) is 0. The lowest BCUT2D eigenvalue weighted by Gasteiger charge is -2.01. The third kappa shape index (κ3) is 9.19. The Hall–Kier alpha value is -0.810. The van der Waals surface area contributed by atoms with Gasteiger partial charge in [-0.25, -0.2) is 0 Å². The molecule has 4 N–H and O–H groups in total. The maximum absolute atomic E-state index is 9.99. The van der Waals surface area contributed by atoms with Gasteiger partial charge in [-0.2, -0.15) is 0 Å². The molecule has 0 amide bonds. The molecule has 0 aromatic rings. The Morgan fingerprint density at radius 2 is 1.83 bits per heavy atom. The zero-order valence-electron chi connectivity index (χ0n) is 6.66. The second-order valence-electron chi connectivity index (χ2n) is 1.88. The molecule has 1 unspecified atom stereocenters. The van der Waals surface area contributed by atoms with E-state index in [0.29, 0.717) is 0 Å². The third-order valence-electron chi connectivity index (χ3n) is 0.986. The summed E-state index contributed by atoms with van der Waals surface area (Å²) >= 11 is 4.64. The lowest BCUT2D eigenvalue weighted by atomic mass is 10.2. The van der Waals surface area contributed by atoms with Crippen molar-refractivity contribution in [3.63, 3.8) is 0 Å². The van der Waals surface area contributed by atoms with Crippen molar-refractivity contribution in [2.75, 3.05) is 6.38 Å². The van der Waals surface area contributed by atoms with Crippen molar-refractivity contribution in [2.45, 2.75) is 18.9 Å². The minimum absolute atomic E-state index is 0.0231. The molecule has 1 atom stereocenters. The molecule has 0 aromatic heterocycles. The molecular formula is C6H12ClNO4. The molecule has 0 aliphatic heterocycles. The maximum atomic E-state index is 9.99. The van der Waals surface area contributed by atoms with Crippen LogP contribution in [0.2, 0.25) is 0 Å². The average Bonchev–Trinajstić information content (AvgIpc) is 2.03. The van der Waals surface area contributed by atoms with Crippen molar-refractivity contribution >= 4 is 23.5 Å². The van der Waals surface area contributed by atoms with E-state index < -0.39 is 18.0 Å². The first-order valence-electron chi connectivity index (χ1n) is 3.12. The molecule has 0 aromatic carbocycles. The van der Waals surface area contributed by atoms with E-state index in [0.717, 1.165) is 0 Å². The monoisotopic (exact) mass is 197 g/mol. The Morgan fingerprint density at radius 1 is 1.42 bits per heavy atom. The minimum atomic E-state index is -1.17.